The molecule has 1 fully saturated rings. The van der Waals surface area contributed by atoms with E-state index >= 15 is 0 Å². The first-order chi connectivity index (χ1) is 13.6. The van der Waals surface area contributed by atoms with E-state index in [1.807, 2.05) is 6.07 Å². The van der Waals surface area contributed by atoms with Crippen molar-refractivity contribution < 1.29 is 22.8 Å². The Morgan fingerprint density at radius 1 is 1.03 bits per heavy atom. The van der Waals surface area contributed by atoms with Crippen LogP contribution in [0, 0.1) is 5.41 Å². The zero-order valence-electron chi connectivity index (χ0n) is 16.3. The molecule has 3 rings (SSSR count). The van der Waals surface area contributed by atoms with Crippen LogP contribution in [0.2, 0.25) is 0 Å². The summed E-state index contributed by atoms with van der Waals surface area (Å²) >= 11 is 0. The van der Waals surface area contributed by atoms with Crippen LogP contribution >= 0.6 is 0 Å². The van der Waals surface area contributed by atoms with Gasteiger partial charge in [-0.2, -0.15) is 13.2 Å². The second kappa shape index (κ2) is 7.89. The molecule has 2 amide bonds. The third-order valence-corrected chi connectivity index (χ3v) is 5.26. The van der Waals surface area contributed by atoms with Gasteiger partial charge >= 0.3 is 6.18 Å². The van der Waals surface area contributed by atoms with E-state index < -0.39 is 23.2 Å². The molecule has 0 aliphatic heterocycles. The Hall–Kier alpha value is -2.83. The molecule has 0 radical (unpaired) electrons. The number of hydrogen-bond acceptors (Lipinski definition) is 2. The van der Waals surface area contributed by atoms with Gasteiger partial charge in [0, 0.05) is 14.1 Å². The number of nitrogens with one attached hydrogen (secondary N) is 1. The summed E-state index contributed by atoms with van der Waals surface area (Å²) in [5.41, 5.74) is -0.0404. The summed E-state index contributed by atoms with van der Waals surface area (Å²) in [6, 6.07) is 13.1. The predicted molar refractivity (Wildman–Crippen MR) is 103 cm³/mol. The minimum atomic E-state index is -4.39. The highest BCUT2D eigenvalue weighted by molar-refractivity contribution is 5.92. The molecule has 1 unspecified atom stereocenters. The molecule has 154 valence electrons. The van der Waals surface area contributed by atoms with Crippen molar-refractivity contribution >= 4 is 11.8 Å². The highest BCUT2D eigenvalue weighted by Gasteiger charge is 2.50. The van der Waals surface area contributed by atoms with Gasteiger partial charge < -0.3 is 10.2 Å². The SMILES string of the molecule is CN(C)C(=O)C(NC(=O)C1(Cc2ccc(C(F)(F)F)cc2)CC1)c1ccccc1. The monoisotopic (exact) mass is 404 g/mol. The first kappa shape index (κ1) is 20.9. The summed E-state index contributed by atoms with van der Waals surface area (Å²) in [7, 11) is 3.25. The molecule has 4 nitrogen and oxygen atoms in total. The molecule has 0 saturated heterocycles. The molecule has 1 N–H and O–H groups in total. The summed E-state index contributed by atoms with van der Waals surface area (Å²) in [6.07, 6.45) is -2.77. The van der Waals surface area contributed by atoms with Crippen molar-refractivity contribution in [2.45, 2.75) is 31.5 Å². The van der Waals surface area contributed by atoms with E-state index in [-0.39, 0.29) is 11.8 Å². The number of benzene rings is 2. The molecule has 0 heterocycles. The van der Waals surface area contributed by atoms with Crippen molar-refractivity contribution in [2.24, 2.45) is 5.41 Å². The lowest BCUT2D eigenvalue weighted by Gasteiger charge is -2.25. The number of hydrogen-bond donors (Lipinski definition) is 1. The lowest BCUT2D eigenvalue weighted by atomic mass is 9.94. The third kappa shape index (κ3) is 4.78. The summed E-state index contributed by atoms with van der Waals surface area (Å²) in [6.45, 7) is 0. The van der Waals surface area contributed by atoms with Crippen molar-refractivity contribution in [1.29, 1.82) is 0 Å². The Labute approximate surface area is 167 Å². The molecule has 29 heavy (non-hydrogen) atoms. The van der Waals surface area contributed by atoms with E-state index in [9.17, 15) is 22.8 Å². The van der Waals surface area contributed by atoms with Gasteiger partial charge in [-0.15, -0.1) is 0 Å². The molecular formula is C22H23F3N2O2. The van der Waals surface area contributed by atoms with Gasteiger partial charge in [0.25, 0.3) is 0 Å². The zero-order valence-corrected chi connectivity index (χ0v) is 16.3. The Morgan fingerprint density at radius 2 is 1.62 bits per heavy atom. The van der Waals surface area contributed by atoms with Crippen molar-refractivity contribution in [2.75, 3.05) is 14.1 Å². The lowest BCUT2D eigenvalue weighted by Crippen LogP contribution is -2.43. The van der Waals surface area contributed by atoms with Gasteiger partial charge in [-0.25, -0.2) is 0 Å². The number of carbonyl (C=O) groups is 2. The van der Waals surface area contributed by atoms with Crippen LogP contribution in [0.3, 0.4) is 0 Å². The largest absolute Gasteiger partial charge is 0.416 e. The Morgan fingerprint density at radius 3 is 2.10 bits per heavy atom. The Balaban J connectivity index is 1.75. The van der Waals surface area contributed by atoms with Gasteiger partial charge in [0.15, 0.2) is 0 Å². The molecule has 1 atom stereocenters. The molecule has 1 aliphatic rings. The van der Waals surface area contributed by atoms with E-state index in [4.69, 9.17) is 0 Å². The molecule has 2 aromatic carbocycles. The maximum absolute atomic E-state index is 13.0. The van der Waals surface area contributed by atoms with Crippen molar-refractivity contribution in [1.82, 2.24) is 10.2 Å². The fourth-order valence-electron chi connectivity index (χ4n) is 3.31. The van der Waals surface area contributed by atoms with E-state index in [0.29, 0.717) is 30.4 Å². The maximum atomic E-state index is 13.0. The molecule has 7 heteroatoms. The second-order valence-electron chi connectivity index (χ2n) is 7.70. The average Bonchev–Trinajstić information content (AvgIpc) is 3.46. The fraction of sp³-hybridized carbons (Fsp3) is 0.364. The Kier molecular flexibility index (Phi) is 5.68. The number of halogens is 3. The third-order valence-electron chi connectivity index (χ3n) is 5.26. The standard InChI is InChI=1S/C22H23F3N2O2/c1-27(2)19(28)18(16-6-4-3-5-7-16)26-20(29)21(12-13-21)14-15-8-10-17(11-9-15)22(23,24)25/h3-11,18H,12-14H2,1-2H3,(H,26,29). The first-order valence-electron chi connectivity index (χ1n) is 9.36. The van der Waals surface area contributed by atoms with Crippen molar-refractivity contribution in [3.05, 3.63) is 71.3 Å². The fourth-order valence-corrected chi connectivity index (χ4v) is 3.31. The van der Waals surface area contributed by atoms with Crippen molar-refractivity contribution in [3.8, 4) is 0 Å². The molecule has 0 aromatic heterocycles. The summed E-state index contributed by atoms with van der Waals surface area (Å²) in [4.78, 5) is 27.1. The van der Waals surface area contributed by atoms with Crippen LogP contribution in [-0.2, 0) is 22.2 Å². The van der Waals surface area contributed by atoms with Crippen molar-refractivity contribution in [3.63, 3.8) is 0 Å². The Bertz CT molecular complexity index is 873. The summed E-state index contributed by atoms with van der Waals surface area (Å²) in [5, 5.41) is 2.86. The maximum Gasteiger partial charge on any atom is 0.416 e. The highest BCUT2D eigenvalue weighted by atomic mass is 19.4. The van der Waals surface area contributed by atoms with Crippen LogP contribution in [-0.4, -0.2) is 30.8 Å². The van der Waals surface area contributed by atoms with E-state index in [1.54, 1.807) is 38.4 Å². The van der Waals surface area contributed by atoms with Gasteiger partial charge in [0.05, 0.1) is 11.0 Å². The smallest absolute Gasteiger partial charge is 0.347 e. The van der Waals surface area contributed by atoms with Crippen LogP contribution in [0.15, 0.2) is 54.6 Å². The zero-order chi connectivity index (χ0) is 21.2. The van der Waals surface area contributed by atoms with Crippen LogP contribution in [0.25, 0.3) is 0 Å². The summed E-state index contributed by atoms with van der Waals surface area (Å²) < 4.78 is 38.2. The van der Waals surface area contributed by atoms with Gasteiger partial charge in [0.1, 0.15) is 6.04 Å². The number of rotatable bonds is 6. The minimum Gasteiger partial charge on any atom is -0.347 e. The van der Waals surface area contributed by atoms with Crippen LogP contribution in [0.5, 0.6) is 0 Å². The van der Waals surface area contributed by atoms with E-state index in [0.717, 1.165) is 12.1 Å². The quantitative estimate of drug-likeness (QED) is 0.792. The number of amides is 2. The highest BCUT2D eigenvalue weighted by Crippen LogP contribution is 2.49. The molecular weight excluding hydrogens is 381 g/mol. The van der Waals surface area contributed by atoms with Gasteiger partial charge in [0.2, 0.25) is 11.8 Å². The molecule has 0 spiro atoms. The number of nitrogens with zero attached hydrogens (tertiary/aromatic N) is 1. The normalized spacial score (nSPS) is 16.0. The van der Waals surface area contributed by atoms with E-state index in [1.165, 1.54) is 17.0 Å². The topological polar surface area (TPSA) is 49.4 Å². The average molecular weight is 404 g/mol. The molecule has 0 bridgehead atoms. The van der Waals surface area contributed by atoms with Crippen LogP contribution < -0.4 is 5.32 Å². The summed E-state index contributed by atoms with van der Waals surface area (Å²) in [5.74, 6) is -0.490. The predicted octanol–water partition coefficient (Wildman–Crippen LogP) is 3.97. The van der Waals surface area contributed by atoms with Gasteiger partial charge in [-0.3, -0.25) is 9.59 Å². The molecule has 1 saturated carbocycles. The molecule has 1 aliphatic carbocycles. The van der Waals surface area contributed by atoms with Crippen LogP contribution in [0.1, 0.15) is 35.6 Å². The van der Waals surface area contributed by atoms with Gasteiger partial charge in [-0.1, -0.05) is 42.5 Å². The lowest BCUT2D eigenvalue weighted by molar-refractivity contribution is -0.137. The molecule has 2 aromatic rings. The first-order valence-corrected chi connectivity index (χ1v) is 9.36. The number of likely N-dealkylation sites (N-methyl/N-ethyl adjacent to an activating group) is 1. The van der Waals surface area contributed by atoms with Gasteiger partial charge in [-0.05, 0) is 42.5 Å². The second-order valence-corrected chi connectivity index (χ2v) is 7.70. The van der Waals surface area contributed by atoms with E-state index in [2.05, 4.69) is 5.32 Å². The number of carbonyl (C=O) groups excluding carboxylic acids is 2. The van der Waals surface area contributed by atoms with Crippen LogP contribution in [0.4, 0.5) is 13.2 Å². The minimum absolute atomic E-state index is 0.241. The number of alkyl halides is 3.